The van der Waals surface area contributed by atoms with E-state index in [1.165, 1.54) is 0 Å². The zero-order chi connectivity index (χ0) is 12.4. The van der Waals surface area contributed by atoms with E-state index in [-0.39, 0.29) is 0 Å². The van der Waals surface area contributed by atoms with Crippen LogP contribution in [0.3, 0.4) is 0 Å². The van der Waals surface area contributed by atoms with Crippen molar-refractivity contribution in [3.05, 3.63) is 64.5 Å². The van der Waals surface area contributed by atoms with Gasteiger partial charge in [-0.05, 0) is 29.8 Å². The highest BCUT2D eigenvalue weighted by molar-refractivity contribution is 9.10. The lowest BCUT2D eigenvalue weighted by Gasteiger charge is -1.88. The van der Waals surface area contributed by atoms with Crippen molar-refractivity contribution in [2.75, 3.05) is 0 Å². The zero-order valence-electron chi connectivity index (χ0n) is 9.51. The fourth-order valence-corrected chi connectivity index (χ4v) is 2.07. The molecule has 3 rings (SSSR count). The number of oxazole rings is 1. The molecule has 0 saturated heterocycles. The Hall–Kier alpha value is -1.87. The molecule has 0 radical (unpaired) electrons. The predicted octanol–water partition coefficient (Wildman–Crippen LogP) is 4.76. The normalized spacial score (nSPS) is 11.4. The second-order valence-electron chi connectivity index (χ2n) is 3.91. The molecule has 0 atom stereocenters. The Bertz CT molecular complexity index is 701. The molecule has 0 unspecified atom stereocenters. The van der Waals surface area contributed by atoms with Crippen LogP contribution in [-0.2, 0) is 0 Å². The van der Waals surface area contributed by atoms with Crippen LogP contribution in [-0.4, -0.2) is 4.98 Å². The number of fused-ring (bicyclic) bond motifs is 1. The van der Waals surface area contributed by atoms with E-state index < -0.39 is 0 Å². The smallest absolute Gasteiger partial charge is 0.220 e. The van der Waals surface area contributed by atoms with Crippen LogP contribution in [0.2, 0.25) is 0 Å². The summed E-state index contributed by atoms with van der Waals surface area (Å²) in [5.41, 5.74) is 2.78. The maximum Gasteiger partial charge on any atom is 0.220 e. The summed E-state index contributed by atoms with van der Waals surface area (Å²) in [5, 5.41) is 0. The lowest BCUT2D eigenvalue weighted by atomic mass is 10.2. The maximum absolute atomic E-state index is 5.63. The lowest BCUT2D eigenvalue weighted by Crippen LogP contribution is -1.71. The monoisotopic (exact) mass is 299 g/mol. The van der Waals surface area contributed by atoms with E-state index in [1.807, 2.05) is 60.7 Å². The second kappa shape index (κ2) is 4.78. The first-order valence-electron chi connectivity index (χ1n) is 5.60. The van der Waals surface area contributed by atoms with Gasteiger partial charge in [-0.2, -0.15) is 0 Å². The van der Waals surface area contributed by atoms with Crippen LogP contribution in [0.1, 0.15) is 11.5 Å². The van der Waals surface area contributed by atoms with E-state index in [4.69, 9.17) is 4.42 Å². The SMILES string of the molecule is Brc1ccc2oc(/C=C/c3ccccc3)nc2c1. The lowest BCUT2D eigenvalue weighted by molar-refractivity contribution is 0.589. The predicted molar refractivity (Wildman–Crippen MR) is 77.1 cm³/mol. The van der Waals surface area contributed by atoms with Crippen molar-refractivity contribution < 1.29 is 4.42 Å². The zero-order valence-corrected chi connectivity index (χ0v) is 11.1. The van der Waals surface area contributed by atoms with Crippen molar-refractivity contribution in [2.24, 2.45) is 0 Å². The third kappa shape index (κ3) is 2.36. The molecular formula is C15H10BrNO. The summed E-state index contributed by atoms with van der Waals surface area (Å²) in [5.74, 6) is 0.618. The topological polar surface area (TPSA) is 26.0 Å². The fourth-order valence-electron chi connectivity index (χ4n) is 1.72. The molecule has 1 heterocycles. The van der Waals surface area contributed by atoms with Crippen LogP contribution < -0.4 is 0 Å². The molecule has 3 heteroatoms. The van der Waals surface area contributed by atoms with Gasteiger partial charge in [-0.25, -0.2) is 4.98 Å². The van der Waals surface area contributed by atoms with Gasteiger partial charge in [0.2, 0.25) is 5.89 Å². The molecule has 0 fully saturated rings. The van der Waals surface area contributed by atoms with Crippen molar-refractivity contribution >= 4 is 39.2 Å². The van der Waals surface area contributed by atoms with E-state index in [0.29, 0.717) is 5.89 Å². The molecule has 0 spiro atoms. The minimum atomic E-state index is 0.618. The summed E-state index contributed by atoms with van der Waals surface area (Å²) >= 11 is 3.42. The van der Waals surface area contributed by atoms with E-state index in [0.717, 1.165) is 21.1 Å². The first-order chi connectivity index (χ1) is 8.81. The molecule has 0 amide bonds. The Labute approximate surface area is 113 Å². The number of hydrogen-bond donors (Lipinski definition) is 0. The molecule has 88 valence electrons. The van der Waals surface area contributed by atoms with E-state index in [1.54, 1.807) is 0 Å². The van der Waals surface area contributed by atoms with E-state index >= 15 is 0 Å². The molecule has 0 aliphatic heterocycles. The number of halogens is 1. The molecule has 0 saturated carbocycles. The number of rotatable bonds is 2. The third-order valence-electron chi connectivity index (χ3n) is 2.58. The highest BCUT2D eigenvalue weighted by Gasteiger charge is 2.02. The van der Waals surface area contributed by atoms with Crippen LogP contribution in [0.15, 0.2) is 57.4 Å². The quantitative estimate of drug-likeness (QED) is 0.682. The summed E-state index contributed by atoms with van der Waals surface area (Å²) in [6.45, 7) is 0. The van der Waals surface area contributed by atoms with Crippen LogP contribution in [0, 0.1) is 0 Å². The van der Waals surface area contributed by atoms with E-state index in [2.05, 4.69) is 20.9 Å². The van der Waals surface area contributed by atoms with Gasteiger partial charge in [-0.1, -0.05) is 46.3 Å². The minimum absolute atomic E-state index is 0.618. The van der Waals surface area contributed by atoms with Gasteiger partial charge in [0.15, 0.2) is 5.58 Å². The first kappa shape index (κ1) is 11.2. The number of nitrogens with zero attached hydrogens (tertiary/aromatic N) is 1. The summed E-state index contributed by atoms with van der Waals surface area (Å²) in [4.78, 5) is 4.41. The van der Waals surface area contributed by atoms with Gasteiger partial charge in [-0.3, -0.25) is 0 Å². The van der Waals surface area contributed by atoms with Crippen molar-refractivity contribution in [1.29, 1.82) is 0 Å². The van der Waals surface area contributed by atoms with Crippen molar-refractivity contribution in [2.45, 2.75) is 0 Å². The first-order valence-corrected chi connectivity index (χ1v) is 6.40. The minimum Gasteiger partial charge on any atom is -0.437 e. The average Bonchev–Trinajstić information content (AvgIpc) is 2.79. The summed E-state index contributed by atoms with van der Waals surface area (Å²) in [6.07, 6.45) is 3.86. The summed E-state index contributed by atoms with van der Waals surface area (Å²) in [7, 11) is 0. The number of hydrogen-bond acceptors (Lipinski definition) is 2. The Morgan fingerprint density at radius 1 is 1.00 bits per heavy atom. The highest BCUT2D eigenvalue weighted by atomic mass is 79.9. The van der Waals surface area contributed by atoms with Gasteiger partial charge in [0, 0.05) is 10.5 Å². The molecule has 0 bridgehead atoms. The third-order valence-corrected chi connectivity index (χ3v) is 3.08. The van der Waals surface area contributed by atoms with Crippen LogP contribution in [0.4, 0.5) is 0 Å². The molecule has 0 aliphatic carbocycles. The molecule has 0 N–H and O–H groups in total. The Balaban J connectivity index is 1.93. The molecule has 1 aromatic heterocycles. The van der Waals surface area contributed by atoms with Crippen molar-refractivity contribution in [3.63, 3.8) is 0 Å². The van der Waals surface area contributed by atoms with Gasteiger partial charge in [0.1, 0.15) is 5.52 Å². The fraction of sp³-hybridized carbons (Fsp3) is 0. The largest absolute Gasteiger partial charge is 0.437 e. The highest BCUT2D eigenvalue weighted by Crippen LogP contribution is 2.21. The summed E-state index contributed by atoms with van der Waals surface area (Å²) < 4.78 is 6.63. The molecular weight excluding hydrogens is 290 g/mol. The number of benzene rings is 2. The molecule has 2 nitrogen and oxygen atoms in total. The van der Waals surface area contributed by atoms with Crippen molar-refractivity contribution in [1.82, 2.24) is 4.98 Å². The Morgan fingerprint density at radius 3 is 2.67 bits per heavy atom. The van der Waals surface area contributed by atoms with Crippen molar-refractivity contribution in [3.8, 4) is 0 Å². The Kier molecular flexibility index (Phi) is 2.99. The van der Waals surface area contributed by atoms with E-state index in [9.17, 15) is 0 Å². The van der Waals surface area contributed by atoms with Crippen LogP contribution >= 0.6 is 15.9 Å². The molecule has 18 heavy (non-hydrogen) atoms. The molecule has 2 aromatic carbocycles. The van der Waals surface area contributed by atoms with Crippen LogP contribution in [0.25, 0.3) is 23.3 Å². The average molecular weight is 300 g/mol. The maximum atomic E-state index is 5.63. The number of aromatic nitrogens is 1. The van der Waals surface area contributed by atoms with Gasteiger partial charge >= 0.3 is 0 Å². The Morgan fingerprint density at radius 2 is 1.83 bits per heavy atom. The van der Waals surface area contributed by atoms with Gasteiger partial charge < -0.3 is 4.42 Å². The van der Waals surface area contributed by atoms with Gasteiger partial charge in [0.25, 0.3) is 0 Å². The molecule has 3 aromatic rings. The molecule has 0 aliphatic rings. The second-order valence-corrected chi connectivity index (χ2v) is 4.82. The summed E-state index contributed by atoms with van der Waals surface area (Å²) in [6, 6.07) is 15.9. The van der Waals surface area contributed by atoms with Gasteiger partial charge in [-0.15, -0.1) is 0 Å². The van der Waals surface area contributed by atoms with Gasteiger partial charge in [0.05, 0.1) is 0 Å². The van der Waals surface area contributed by atoms with Crippen LogP contribution in [0.5, 0.6) is 0 Å². The standard InChI is InChI=1S/C15H10BrNO/c16-12-7-8-14-13(10-12)17-15(18-14)9-6-11-4-2-1-3-5-11/h1-10H/b9-6+.